The van der Waals surface area contributed by atoms with Gasteiger partial charge < -0.3 is 29.6 Å². The highest BCUT2D eigenvalue weighted by Gasteiger charge is 2.37. The minimum Gasteiger partial charge on any atom is -0.395 e. The van der Waals surface area contributed by atoms with Crippen LogP contribution in [0.5, 0.6) is 11.5 Å². The number of nitrogens with zero attached hydrogens (tertiary/aromatic N) is 6. The summed E-state index contributed by atoms with van der Waals surface area (Å²) in [5, 5.41) is 22.0. The molecule has 2 aliphatic heterocycles. The number of ether oxygens (including phenoxy) is 4. The van der Waals surface area contributed by atoms with Crippen molar-refractivity contribution in [2.24, 2.45) is 0 Å². The Morgan fingerprint density at radius 1 is 0.512 bits per heavy atom. The van der Waals surface area contributed by atoms with E-state index >= 15 is 0 Å². The third-order valence-electron chi connectivity index (χ3n) is 15.2. The van der Waals surface area contributed by atoms with Crippen molar-refractivity contribution in [2.45, 2.75) is 49.6 Å². The Morgan fingerprint density at radius 2 is 0.907 bits per heavy atom. The summed E-state index contributed by atoms with van der Waals surface area (Å²) in [7, 11) is 3.20. The van der Waals surface area contributed by atoms with E-state index in [1.165, 1.54) is 24.3 Å². The largest absolute Gasteiger partial charge is 0.519 e. The van der Waals surface area contributed by atoms with Crippen LogP contribution in [0.4, 0.5) is 43.6 Å². The summed E-state index contributed by atoms with van der Waals surface area (Å²) >= 11 is 14.0. The molecule has 8 aromatic rings. The van der Waals surface area contributed by atoms with Crippen LogP contribution < -0.4 is 30.7 Å². The zero-order valence-electron chi connectivity index (χ0n) is 47.0. The van der Waals surface area contributed by atoms with E-state index in [0.29, 0.717) is 112 Å². The molecule has 2 fully saturated rings. The number of hydrogen-bond acceptors (Lipinski definition) is 11. The van der Waals surface area contributed by atoms with Crippen LogP contribution in [0.15, 0.2) is 146 Å². The number of hydrogen-bond donors (Lipinski definition) is 4. The van der Waals surface area contributed by atoms with Crippen LogP contribution in [0.25, 0.3) is 11.4 Å². The van der Waals surface area contributed by atoms with Crippen molar-refractivity contribution in [3.63, 3.8) is 0 Å². The van der Waals surface area contributed by atoms with E-state index < -0.39 is 53.6 Å². The number of methoxy groups -OCH3 is 2. The maximum Gasteiger partial charge on any atom is 0.519 e. The highest BCUT2D eigenvalue weighted by Crippen LogP contribution is 2.35. The summed E-state index contributed by atoms with van der Waals surface area (Å²) < 4.78 is 81.3. The molecule has 10 rings (SSSR count). The molecule has 2 saturated heterocycles. The number of anilines is 2. The second-order valence-electron chi connectivity index (χ2n) is 20.9. The van der Waals surface area contributed by atoms with Crippen LogP contribution in [0.2, 0.25) is 10.0 Å². The Morgan fingerprint density at radius 3 is 1.28 bits per heavy atom. The fourth-order valence-corrected chi connectivity index (χ4v) is 11.3. The van der Waals surface area contributed by atoms with Crippen molar-refractivity contribution in [1.82, 2.24) is 40.0 Å². The lowest BCUT2D eigenvalue weighted by Gasteiger charge is -2.21. The maximum atomic E-state index is 14.4. The van der Waals surface area contributed by atoms with Gasteiger partial charge in [-0.05, 0) is 121 Å². The number of aromatic nitrogens is 4. The molecule has 23 heteroatoms. The second-order valence-corrected chi connectivity index (χ2v) is 21.7. The molecule has 0 spiro atoms. The van der Waals surface area contributed by atoms with Gasteiger partial charge in [-0.3, -0.25) is 20.4 Å². The summed E-state index contributed by atoms with van der Waals surface area (Å²) in [5.74, 6) is -3.49. The Bertz CT molecular complexity index is 3410. The number of urea groups is 2. The molecular weight excluding hydrogens is 1160 g/mol. The molecule has 4 heterocycles. The maximum absolute atomic E-state index is 14.4. The van der Waals surface area contributed by atoms with Gasteiger partial charge >= 0.3 is 18.2 Å². The topological polar surface area (TPSA) is 178 Å². The lowest BCUT2D eigenvalue weighted by Crippen LogP contribution is -2.42. The lowest BCUT2D eigenvalue weighted by atomic mass is 9.94. The van der Waals surface area contributed by atoms with Crippen LogP contribution in [0.1, 0.15) is 45.5 Å². The summed E-state index contributed by atoms with van der Waals surface area (Å²) in [6, 6.07) is 37.8. The fraction of sp³-hybridized carbons (Fsp3) is 0.286. The Balaban J connectivity index is 0.731. The zero-order valence-corrected chi connectivity index (χ0v) is 48.5. The molecule has 4 N–H and O–H groups in total. The highest BCUT2D eigenvalue weighted by molar-refractivity contribution is 6.34. The molecule has 0 bridgehead atoms. The summed E-state index contributed by atoms with van der Waals surface area (Å²) in [5.41, 5.74) is 5.23. The van der Waals surface area contributed by atoms with Crippen LogP contribution in [-0.4, -0.2) is 126 Å². The van der Waals surface area contributed by atoms with E-state index in [-0.39, 0.29) is 45.0 Å². The van der Waals surface area contributed by atoms with Gasteiger partial charge in [-0.25, -0.2) is 41.3 Å². The first-order valence-electron chi connectivity index (χ1n) is 27.9. The molecule has 4 atom stereocenters. The molecule has 0 saturated carbocycles. The number of halogens is 6. The highest BCUT2D eigenvalue weighted by atomic mass is 35.5. The van der Waals surface area contributed by atoms with E-state index in [1.54, 1.807) is 72.1 Å². The van der Waals surface area contributed by atoms with Crippen molar-refractivity contribution >= 4 is 53.1 Å². The van der Waals surface area contributed by atoms with E-state index in [2.05, 4.69) is 31.1 Å². The fourth-order valence-electron chi connectivity index (χ4n) is 10.8. The quantitative estimate of drug-likeness (QED) is 0.0288. The molecule has 0 aliphatic carbocycles. The molecule has 17 nitrogen and oxygen atoms in total. The van der Waals surface area contributed by atoms with Gasteiger partial charge in [-0.2, -0.15) is 10.2 Å². The predicted octanol–water partition coefficient (Wildman–Crippen LogP) is 11.5. The number of para-hydroxylation sites is 2. The molecular formula is C63H62Cl2F4N10O7. The van der Waals surface area contributed by atoms with Gasteiger partial charge in [-0.1, -0.05) is 96.0 Å². The smallest absolute Gasteiger partial charge is 0.395 e. The number of amides is 4. The first kappa shape index (κ1) is 60.8. The molecule has 4 amide bonds. The SMILES string of the molecule is COCCN1C[C@@H](NC(=O)Nc2c(Cl)c(CCc3ccc(OC(=O)Oc4ccc(CCc5nn(-c6ccccc6)c(NC(=O)N[C@@H]6CN(CCOC)C[C@H]6c6ccc(F)c(F)c6)c5Cl)cc4)cc3)nn2-c2ccccc2)[C@H](c2ccc(F)c(F)c2)C1. The number of rotatable bonds is 22. The van der Waals surface area contributed by atoms with Crippen LogP contribution in [-0.2, 0) is 35.2 Å². The average Bonchev–Trinajstić information content (AvgIpc) is 3.08. The molecule has 448 valence electrons. The van der Waals surface area contributed by atoms with Crippen LogP contribution >= 0.6 is 23.2 Å². The number of nitrogens with one attached hydrogen (secondary N) is 4. The summed E-state index contributed by atoms with van der Waals surface area (Å²) in [6.45, 7) is 3.97. The van der Waals surface area contributed by atoms with Crippen molar-refractivity contribution in [1.29, 1.82) is 0 Å². The Hall–Kier alpha value is -8.31. The molecule has 0 unspecified atom stereocenters. The van der Waals surface area contributed by atoms with E-state index in [0.717, 1.165) is 23.3 Å². The number of likely N-dealkylation sites (tertiary alicyclic amines) is 2. The zero-order chi connectivity index (χ0) is 60.3. The van der Waals surface area contributed by atoms with Gasteiger partial charge in [0.1, 0.15) is 21.5 Å². The van der Waals surface area contributed by atoms with Gasteiger partial charge in [-0.15, -0.1) is 0 Å². The Labute approximate surface area is 504 Å². The van der Waals surface area contributed by atoms with E-state index in [9.17, 15) is 31.9 Å². The van der Waals surface area contributed by atoms with Crippen LogP contribution in [0.3, 0.4) is 0 Å². The second kappa shape index (κ2) is 28.3. The predicted molar refractivity (Wildman–Crippen MR) is 318 cm³/mol. The average molecular weight is 1220 g/mol. The van der Waals surface area contributed by atoms with Gasteiger partial charge in [0.05, 0.1) is 48.1 Å². The number of benzene rings is 6. The first-order chi connectivity index (χ1) is 41.7. The molecule has 0 radical (unpaired) electrons. The molecule has 2 aliphatic rings. The number of aryl methyl sites for hydroxylation is 4. The summed E-state index contributed by atoms with van der Waals surface area (Å²) in [6.07, 6.45) is 0.798. The van der Waals surface area contributed by atoms with E-state index in [1.807, 2.05) is 60.7 Å². The number of carbonyl (C=O) groups excluding carboxylic acids is 3. The lowest BCUT2D eigenvalue weighted by molar-refractivity contribution is 0.152. The van der Waals surface area contributed by atoms with Gasteiger partial charge in [0.2, 0.25) is 0 Å². The third-order valence-corrected chi connectivity index (χ3v) is 16.0. The molecule has 86 heavy (non-hydrogen) atoms. The van der Waals surface area contributed by atoms with Gasteiger partial charge in [0.25, 0.3) is 0 Å². The van der Waals surface area contributed by atoms with Crippen molar-refractivity contribution < 1.29 is 50.9 Å². The van der Waals surface area contributed by atoms with Crippen molar-refractivity contribution in [3.05, 3.63) is 213 Å². The van der Waals surface area contributed by atoms with Crippen molar-refractivity contribution in [2.75, 3.05) is 77.3 Å². The van der Waals surface area contributed by atoms with Gasteiger partial charge in [0.15, 0.2) is 34.9 Å². The molecule has 2 aromatic heterocycles. The third kappa shape index (κ3) is 15.0. The standard InChI is InChI=1S/C63H62Cl2F4N10O7/c1-83-31-29-76-35-47(41-19-25-49(66)51(68)33-41)55(37-76)70-61(80)72-59-57(64)53(74-78(59)43-9-5-3-6-10-43)27-17-39-13-21-45(22-14-39)85-63(82)86-46-23-15-40(16-24-46)18-28-54-58(65)60(79(75-54)44-11-7-4-8-12-44)73-62(81)71-56-38-77(30-32-84-2)36-48(56)42-20-26-50(67)52(69)34-42/h3-16,19-26,33-34,47-48,55-56H,17-18,27-32,35-38H2,1-2H3,(H2,70,72,80)(H2,71,73,81)/t47-,48-,55+,56+/m0/s1. The monoisotopic (exact) mass is 1220 g/mol. The molecule has 6 aromatic carbocycles. The summed E-state index contributed by atoms with van der Waals surface area (Å²) in [4.78, 5) is 44.8. The van der Waals surface area contributed by atoms with E-state index in [4.69, 9.17) is 52.3 Å². The first-order valence-corrected chi connectivity index (χ1v) is 28.7. The van der Waals surface area contributed by atoms with Crippen molar-refractivity contribution in [3.8, 4) is 22.9 Å². The van der Waals surface area contributed by atoms with Crippen LogP contribution in [0, 0.1) is 23.3 Å². The minimum atomic E-state index is -0.962. The normalized spacial score (nSPS) is 16.9. The number of carbonyl (C=O) groups is 3. The minimum absolute atomic E-state index is 0.239. The Kier molecular flexibility index (Phi) is 20.0. The van der Waals surface area contributed by atoms with Gasteiger partial charge in [0, 0.05) is 65.3 Å².